The number of esters is 1. The van der Waals surface area contributed by atoms with Crippen molar-refractivity contribution in [2.75, 3.05) is 6.61 Å². The van der Waals surface area contributed by atoms with Crippen LogP contribution in [0.5, 0.6) is 0 Å². The molecule has 0 saturated heterocycles. The van der Waals surface area contributed by atoms with Gasteiger partial charge in [0, 0.05) is 0 Å². The smallest absolute Gasteiger partial charge is 0.311 e. The van der Waals surface area contributed by atoms with Crippen molar-refractivity contribution in [3.8, 4) is 0 Å². The molecule has 0 amide bonds. The van der Waals surface area contributed by atoms with E-state index in [0.717, 1.165) is 25.7 Å². The minimum atomic E-state index is -0.269. The Morgan fingerprint density at radius 1 is 0.457 bits per heavy atom. The highest BCUT2D eigenvalue weighted by molar-refractivity contribution is 5.76. The van der Waals surface area contributed by atoms with Crippen molar-refractivity contribution >= 4 is 5.97 Å². The Hall–Kier alpha value is -0.530. The third-order valence-corrected chi connectivity index (χ3v) is 7.89. The molecule has 0 saturated carbocycles. The van der Waals surface area contributed by atoms with Gasteiger partial charge in [0.25, 0.3) is 0 Å². The Kier molecular flexibility index (Phi) is 26.1. The number of unbranched alkanes of at least 4 members (excludes halogenated alkanes) is 21. The first-order valence-corrected chi connectivity index (χ1v) is 16.3. The Morgan fingerprint density at radius 3 is 1.14 bits per heavy atom. The molecule has 2 nitrogen and oxygen atoms in total. The molecule has 0 aromatic rings. The third kappa shape index (κ3) is 22.4. The van der Waals surface area contributed by atoms with Crippen LogP contribution in [-0.4, -0.2) is 12.6 Å². The summed E-state index contributed by atoms with van der Waals surface area (Å²) in [7, 11) is 0. The number of hydrogen-bond donors (Lipinski definition) is 0. The standard InChI is InChI=1S/C33H66O2/c1-5-8-11-13-15-16-17-18-19-20-21-23-25-28-31-35-32(34)33(4,29-26-10-7-3)30-27-24-22-14-12-9-6-2/h5-31H2,1-4H3. The predicted octanol–water partition coefficient (Wildman–Crippen LogP) is 11.7. The molecular formula is C33H66O2. The van der Waals surface area contributed by atoms with Gasteiger partial charge in [-0.25, -0.2) is 0 Å². The number of ether oxygens (including phenoxy) is 1. The minimum absolute atomic E-state index is 0.0780. The molecule has 0 fully saturated rings. The highest BCUT2D eigenvalue weighted by atomic mass is 16.5. The zero-order valence-electron chi connectivity index (χ0n) is 24.9. The highest BCUT2D eigenvalue weighted by Crippen LogP contribution is 2.33. The van der Waals surface area contributed by atoms with Crippen molar-refractivity contribution in [3.05, 3.63) is 0 Å². The van der Waals surface area contributed by atoms with Crippen LogP contribution in [0, 0.1) is 5.41 Å². The minimum Gasteiger partial charge on any atom is -0.465 e. The maximum Gasteiger partial charge on any atom is 0.311 e. The van der Waals surface area contributed by atoms with Gasteiger partial charge in [-0.3, -0.25) is 4.79 Å². The van der Waals surface area contributed by atoms with Crippen LogP contribution < -0.4 is 0 Å². The maximum absolute atomic E-state index is 13.0. The third-order valence-electron chi connectivity index (χ3n) is 7.89. The van der Waals surface area contributed by atoms with Crippen LogP contribution in [0.2, 0.25) is 0 Å². The lowest BCUT2D eigenvalue weighted by atomic mass is 9.79. The van der Waals surface area contributed by atoms with E-state index in [1.54, 1.807) is 0 Å². The molecule has 0 aromatic heterocycles. The first-order chi connectivity index (χ1) is 17.1. The van der Waals surface area contributed by atoms with Gasteiger partial charge < -0.3 is 4.74 Å². The number of carbonyl (C=O) groups excluding carboxylic acids is 1. The van der Waals surface area contributed by atoms with Crippen LogP contribution in [0.15, 0.2) is 0 Å². The van der Waals surface area contributed by atoms with Crippen LogP contribution in [-0.2, 0) is 9.53 Å². The first kappa shape index (κ1) is 34.5. The van der Waals surface area contributed by atoms with Gasteiger partial charge >= 0.3 is 5.97 Å². The second-order valence-corrected chi connectivity index (χ2v) is 11.6. The molecule has 0 radical (unpaired) electrons. The Labute approximate surface area is 222 Å². The van der Waals surface area contributed by atoms with Crippen LogP contribution in [0.25, 0.3) is 0 Å². The van der Waals surface area contributed by atoms with Crippen molar-refractivity contribution in [2.24, 2.45) is 5.41 Å². The monoisotopic (exact) mass is 495 g/mol. The zero-order chi connectivity index (χ0) is 25.9. The van der Waals surface area contributed by atoms with Crippen LogP contribution in [0.3, 0.4) is 0 Å². The molecule has 1 unspecified atom stereocenters. The molecule has 0 spiro atoms. The fourth-order valence-electron chi connectivity index (χ4n) is 5.20. The molecule has 35 heavy (non-hydrogen) atoms. The lowest BCUT2D eigenvalue weighted by Gasteiger charge is -2.27. The van der Waals surface area contributed by atoms with Crippen LogP contribution in [0.1, 0.15) is 195 Å². The van der Waals surface area contributed by atoms with Crippen molar-refractivity contribution in [3.63, 3.8) is 0 Å². The van der Waals surface area contributed by atoms with E-state index in [1.165, 1.54) is 141 Å². The average molecular weight is 495 g/mol. The van der Waals surface area contributed by atoms with E-state index in [-0.39, 0.29) is 11.4 Å². The summed E-state index contributed by atoms with van der Waals surface area (Å²) in [5.41, 5.74) is -0.269. The molecule has 0 rings (SSSR count). The molecule has 0 aliphatic carbocycles. The average Bonchev–Trinajstić information content (AvgIpc) is 2.85. The van der Waals surface area contributed by atoms with E-state index in [2.05, 4.69) is 27.7 Å². The van der Waals surface area contributed by atoms with Gasteiger partial charge in [-0.1, -0.05) is 168 Å². The molecule has 0 aromatic carbocycles. The number of carbonyl (C=O) groups is 1. The first-order valence-electron chi connectivity index (χ1n) is 16.3. The van der Waals surface area contributed by atoms with Crippen molar-refractivity contribution in [1.82, 2.24) is 0 Å². The van der Waals surface area contributed by atoms with Crippen LogP contribution >= 0.6 is 0 Å². The van der Waals surface area contributed by atoms with E-state index in [4.69, 9.17) is 4.74 Å². The van der Waals surface area contributed by atoms with Gasteiger partial charge in [0.15, 0.2) is 0 Å². The lowest BCUT2D eigenvalue weighted by Crippen LogP contribution is -2.30. The molecule has 2 heteroatoms. The summed E-state index contributed by atoms with van der Waals surface area (Å²) in [4.78, 5) is 13.0. The topological polar surface area (TPSA) is 26.3 Å². The molecule has 0 aliphatic rings. The van der Waals surface area contributed by atoms with E-state index in [0.29, 0.717) is 6.61 Å². The van der Waals surface area contributed by atoms with E-state index >= 15 is 0 Å². The summed E-state index contributed by atoms with van der Waals surface area (Å²) in [6.45, 7) is 9.59. The fraction of sp³-hybridized carbons (Fsp3) is 0.970. The van der Waals surface area contributed by atoms with Gasteiger partial charge in [0.05, 0.1) is 12.0 Å². The largest absolute Gasteiger partial charge is 0.465 e. The van der Waals surface area contributed by atoms with E-state index < -0.39 is 0 Å². The van der Waals surface area contributed by atoms with Crippen molar-refractivity contribution in [2.45, 2.75) is 195 Å². The molecule has 0 bridgehead atoms. The predicted molar refractivity (Wildman–Crippen MR) is 156 cm³/mol. The molecule has 210 valence electrons. The van der Waals surface area contributed by atoms with Gasteiger partial charge in [-0.15, -0.1) is 0 Å². The number of hydrogen-bond acceptors (Lipinski definition) is 2. The van der Waals surface area contributed by atoms with Gasteiger partial charge in [0.1, 0.15) is 0 Å². The second-order valence-electron chi connectivity index (χ2n) is 11.6. The molecular weight excluding hydrogens is 428 g/mol. The molecule has 0 heterocycles. The number of rotatable bonds is 28. The summed E-state index contributed by atoms with van der Waals surface area (Å²) in [6.07, 6.45) is 33.7. The molecule has 0 aliphatic heterocycles. The van der Waals surface area contributed by atoms with Crippen molar-refractivity contribution < 1.29 is 9.53 Å². The summed E-state index contributed by atoms with van der Waals surface area (Å²) in [5, 5.41) is 0. The maximum atomic E-state index is 13.0. The van der Waals surface area contributed by atoms with E-state index in [1.807, 2.05) is 0 Å². The van der Waals surface area contributed by atoms with Crippen molar-refractivity contribution in [1.29, 1.82) is 0 Å². The van der Waals surface area contributed by atoms with Gasteiger partial charge in [0.2, 0.25) is 0 Å². The quantitative estimate of drug-likeness (QED) is 0.0798. The Bertz CT molecular complexity index is 433. The molecule has 1 atom stereocenters. The van der Waals surface area contributed by atoms with Crippen LogP contribution in [0.4, 0.5) is 0 Å². The fourth-order valence-corrected chi connectivity index (χ4v) is 5.20. The second kappa shape index (κ2) is 26.5. The van der Waals surface area contributed by atoms with Gasteiger partial charge in [-0.2, -0.15) is 0 Å². The Morgan fingerprint density at radius 2 is 0.743 bits per heavy atom. The van der Waals surface area contributed by atoms with Gasteiger partial charge in [-0.05, 0) is 26.2 Å². The SMILES string of the molecule is CCCCCCCCCCCCCCCCOC(=O)C(C)(CCCCC)CCCCCCCCC. The Balaban J connectivity index is 3.84. The van der Waals surface area contributed by atoms with E-state index in [9.17, 15) is 4.79 Å². The highest BCUT2D eigenvalue weighted by Gasteiger charge is 2.33. The zero-order valence-corrected chi connectivity index (χ0v) is 24.9. The summed E-state index contributed by atoms with van der Waals surface area (Å²) < 4.78 is 5.82. The summed E-state index contributed by atoms with van der Waals surface area (Å²) in [6, 6.07) is 0. The normalized spacial score (nSPS) is 13.1. The summed E-state index contributed by atoms with van der Waals surface area (Å²) >= 11 is 0. The lowest BCUT2D eigenvalue weighted by molar-refractivity contribution is -0.156. The molecule has 0 N–H and O–H groups in total. The summed E-state index contributed by atoms with van der Waals surface area (Å²) in [5.74, 6) is 0.0780.